The average molecular weight is 375 g/mol. The summed E-state index contributed by atoms with van der Waals surface area (Å²) in [5.74, 6) is 0.502. The van der Waals surface area contributed by atoms with E-state index in [4.69, 9.17) is 16.3 Å². The lowest BCUT2D eigenvalue weighted by molar-refractivity contribution is 0.0766. The van der Waals surface area contributed by atoms with E-state index in [2.05, 4.69) is 15.2 Å². The van der Waals surface area contributed by atoms with Gasteiger partial charge < -0.3 is 9.64 Å². The number of H-pyrrole nitrogens is 1. The highest BCUT2D eigenvalue weighted by atomic mass is 35.5. The molecule has 4 rings (SSSR count). The third-order valence-electron chi connectivity index (χ3n) is 4.04. The molecule has 3 aromatic rings. The van der Waals surface area contributed by atoms with E-state index in [-0.39, 0.29) is 12.0 Å². The maximum Gasteiger partial charge on any atom is 0.274 e. The normalized spacial score (nSPS) is 17.0. The first-order valence-electron chi connectivity index (χ1n) is 7.85. The standard InChI is InChI=1S/C17H15ClN4O2S/c18-12-9-19-5-3-15(12)24-11-4-6-22(10-11)17(23)14-8-13(20-21-14)16-2-1-7-25-16/h1-3,5,7-9,11H,4,6,10H2,(H,20,21)/t11-/m0/s1. The predicted octanol–water partition coefficient (Wildman–Crippen LogP) is 3.48. The van der Waals surface area contributed by atoms with Gasteiger partial charge in [-0.05, 0) is 17.5 Å². The summed E-state index contributed by atoms with van der Waals surface area (Å²) in [6.07, 6.45) is 3.85. The summed E-state index contributed by atoms with van der Waals surface area (Å²) in [7, 11) is 0. The van der Waals surface area contributed by atoms with Gasteiger partial charge in [-0.2, -0.15) is 5.10 Å². The van der Waals surface area contributed by atoms with Crippen molar-refractivity contribution in [3.05, 3.63) is 52.8 Å². The maximum absolute atomic E-state index is 12.7. The number of thiophene rings is 1. The van der Waals surface area contributed by atoms with Crippen LogP contribution in [-0.4, -0.2) is 45.2 Å². The molecule has 0 bridgehead atoms. The minimum atomic E-state index is -0.0917. The SMILES string of the molecule is O=C(c1cc(-c2cccs2)[nH]n1)N1CC[C@H](Oc2ccncc2Cl)C1. The number of aromatic nitrogens is 3. The molecule has 0 saturated carbocycles. The van der Waals surface area contributed by atoms with Crippen LogP contribution in [0, 0.1) is 0 Å². The lowest BCUT2D eigenvalue weighted by Crippen LogP contribution is -2.31. The second-order valence-corrected chi connectivity index (χ2v) is 7.08. The Morgan fingerprint density at radius 1 is 1.44 bits per heavy atom. The molecule has 1 aliphatic rings. The molecule has 1 saturated heterocycles. The van der Waals surface area contributed by atoms with Crippen molar-refractivity contribution in [1.82, 2.24) is 20.1 Å². The molecule has 0 radical (unpaired) electrons. The molecule has 1 fully saturated rings. The van der Waals surface area contributed by atoms with Crippen LogP contribution in [0.25, 0.3) is 10.6 Å². The number of rotatable bonds is 4. The lowest BCUT2D eigenvalue weighted by atomic mass is 10.3. The molecule has 4 heterocycles. The fourth-order valence-electron chi connectivity index (χ4n) is 2.80. The van der Waals surface area contributed by atoms with Crippen LogP contribution in [0.4, 0.5) is 0 Å². The Labute approximate surface area is 153 Å². The van der Waals surface area contributed by atoms with Gasteiger partial charge in [0.05, 0.1) is 17.1 Å². The van der Waals surface area contributed by atoms with E-state index in [0.29, 0.717) is 29.6 Å². The highest BCUT2D eigenvalue weighted by molar-refractivity contribution is 7.13. The number of halogens is 1. The lowest BCUT2D eigenvalue weighted by Gasteiger charge is -2.16. The fraction of sp³-hybridized carbons (Fsp3) is 0.235. The molecule has 128 valence electrons. The molecule has 0 aromatic carbocycles. The molecule has 1 N–H and O–H groups in total. The fourth-order valence-corrected chi connectivity index (χ4v) is 3.65. The zero-order valence-corrected chi connectivity index (χ0v) is 14.8. The molecule has 0 unspecified atom stereocenters. The zero-order valence-electron chi connectivity index (χ0n) is 13.2. The summed E-state index contributed by atoms with van der Waals surface area (Å²) >= 11 is 7.67. The van der Waals surface area contributed by atoms with Crippen molar-refractivity contribution in [2.75, 3.05) is 13.1 Å². The van der Waals surface area contributed by atoms with E-state index in [1.807, 2.05) is 17.5 Å². The van der Waals surface area contributed by atoms with Crippen molar-refractivity contribution in [3.63, 3.8) is 0 Å². The van der Waals surface area contributed by atoms with Gasteiger partial charge in [-0.25, -0.2) is 0 Å². The van der Waals surface area contributed by atoms with Gasteiger partial charge in [-0.1, -0.05) is 17.7 Å². The van der Waals surface area contributed by atoms with Crippen molar-refractivity contribution >= 4 is 28.8 Å². The van der Waals surface area contributed by atoms with Crippen molar-refractivity contribution in [3.8, 4) is 16.3 Å². The Hall–Kier alpha value is -2.38. The van der Waals surface area contributed by atoms with Crippen LogP contribution in [0.3, 0.4) is 0 Å². The first-order valence-corrected chi connectivity index (χ1v) is 9.11. The summed E-state index contributed by atoms with van der Waals surface area (Å²) in [6.45, 7) is 1.14. The first-order chi connectivity index (χ1) is 12.2. The van der Waals surface area contributed by atoms with Gasteiger partial charge in [0, 0.05) is 31.4 Å². The Kier molecular flexibility index (Phi) is 4.42. The van der Waals surface area contributed by atoms with Crippen molar-refractivity contribution in [1.29, 1.82) is 0 Å². The molecular formula is C17H15ClN4O2S. The van der Waals surface area contributed by atoms with Gasteiger partial charge in [0.2, 0.25) is 0 Å². The number of carbonyl (C=O) groups is 1. The molecular weight excluding hydrogens is 360 g/mol. The third-order valence-corrected chi connectivity index (χ3v) is 5.23. The van der Waals surface area contributed by atoms with Gasteiger partial charge in [-0.3, -0.25) is 14.9 Å². The van der Waals surface area contributed by atoms with Crippen LogP contribution in [0.15, 0.2) is 42.0 Å². The third kappa shape index (κ3) is 3.38. The first kappa shape index (κ1) is 16.1. The Morgan fingerprint density at radius 3 is 3.16 bits per heavy atom. The van der Waals surface area contributed by atoms with E-state index < -0.39 is 0 Å². The number of carbonyl (C=O) groups excluding carboxylic acids is 1. The van der Waals surface area contributed by atoms with E-state index in [1.54, 1.807) is 40.8 Å². The van der Waals surface area contributed by atoms with Gasteiger partial charge in [0.15, 0.2) is 5.69 Å². The molecule has 6 nitrogen and oxygen atoms in total. The number of nitrogens with one attached hydrogen (secondary N) is 1. The van der Waals surface area contributed by atoms with Crippen molar-refractivity contribution in [2.24, 2.45) is 0 Å². The molecule has 3 aromatic heterocycles. The van der Waals surface area contributed by atoms with Crippen LogP contribution in [0.2, 0.25) is 5.02 Å². The van der Waals surface area contributed by atoms with E-state index in [0.717, 1.165) is 17.0 Å². The second-order valence-electron chi connectivity index (χ2n) is 5.73. The minimum absolute atomic E-state index is 0.0837. The molecule has 0 spiro atoms. The van der Waals surface area contributed by atoms with Gasteiger partial charge in [0.25, 0.3) is 5.91 Å². The van der Waals surface area contributed by atoms with Crippen LogP contribution >= 0.6 is 22.9 Å². The minimum Gasteiger partial charge on any atom is -0.487 e. The number of ether oxygens (including phenoxy) is 1. The molecule has 0 aliphatic carbocycles. The summed E-state index contributed by atoms with van der Waals surface area (Å²) in [5, 5.41) is 9.55. The van der Waals surface area contributed by atoms with Gasteiger partial charge >= 0.3 is 0 Å². The number of likely N-dealkylation sites (tertiary alicyclic amines) is 1. The molecule has 1 amide bonds. The van der Waals surface area contributed by atoms with Crippen molar-refractivity contribution < 1.29 is 9.53 Å². The highest BCUT2D eigenvalue weighted by Crippen LogP contribution is 2.27. The zero-order chi connectivity index (χ0) is 17.2. The number of hydrogen-bond acceptors (Lipinski definition) is 5. The van der Waals surface area contributed by atoms with E-state index in [1.165, 1.54) is 0 Å². The largest absolute Gasteiger partial charge is 0.487 e. The van der Waals surface area contributed by atoms with Gasteiger partial charge in [0.1, 0.15) is 16.9 Å². The number of hydrogen-bond donors (Lipinski definition) is 1. The molecule has 1 atom stereocenters. The summed E-state index contributed by atoms with van der Waals surface area (Å²) in [5.41, 5.74) is 1.28. The van der Waals surface area contributed by atoms with Crippen molar-refractivity contribution in [2.45, 2.75) is 12.5 Å². The Bertz CT molecular complexity index is 880. The number of aromatic amines is 1. The number of pyridine rings is 1. The predicted molar refractivity (Wildman–Crippen MR) is 96.1 cm³/mol. The molecule has 8 heteroatoms. The van der Waals surface area contributed by atoms with E-state index in [9.17, 15) is 4.79 Å². The second kappa shape index (κ2) is 6.85. The maximum atomic E-state index is 12.7. The van der Waals surface area contributed by atoms with Crippen LogP contribution in [0.1, 0.15) is 16.9 Å². The quantitative estimate of drug-likeness (QED) is 0.758. The Morgan fingerprint density at radius 2 is 2.36 bits per heavy atom. The molecule has 1 aliphatic heterocycles. The average Bonchev–Trinajstić information content (AvgIpc) is 3.37. The van der Waals surface area contributed by atoms with Gasteiger partial charge in [-0.15, -0.1) is 11.3 Å². The topological polar surface area (TPSA) is 71.1 Å². The Balaban J connectivity index is 1.41. The van der Waals surface area contributed by atoms with Crippen LogP contribution < -0.4 is 4.74 Å². The van der Waals surface area contributed by atoms with Crippen LogP contribution in [-0.2, 0) is 0 Å². The molecule has 25 heavy (non-hydrogen) atoms. The number of amides is 1. The summed E-state index contributed by atoms with van der Waals surface area (Å²) in [4.78, 5) is 19.4. The van der Waals surface area contributed by atoms with Crippen LogP contribution in [0.5, 0.6) is 5.75 Å². The monoisotopic (exact) mass is 374 g/mol. The number of nitrogens with zero attached hydrogens (tertiary/aromatic N) is 3. The summed E-state index contributed by atoms with van der Waals surface area (Å²) < 4.78 is 5.89. The smallest absolute Gasteiger partial charge is 0.274 e. The van der Waals surface area contributed by atoms with E-state index >= 15 is 0 Å². The summed E-state index contributed by atoms with van der Waals surface area (Å²) in [6, 6.07) is 7.48. The highest BCUT2D eigenvalue weighted by Gasteiger charge is 2.30.